The molecule has 0 aliphatic carbocycles. The lowest BCUT2D eigenvalue weighted by Gasteiger charge is -2.12. The van der Waals surface area contributed by atoms with Crippen LogP contribution in [0.1, 0.15) is 39.1 Å². The van der Waals surface area contributed by atoms with Gasteiger partial charge in [0.25, 0.3) is 5.19 Å². The number of rotatable bonds is 5. The van der Waals surface area contributed by atoms with E-state index < -0.39 is 0 Å². The lowest BCUT2D eigenvalue weighted by molar-refractivity contribution is 0.468. The van der Waals surface area contributed by atoms with E-state index in [4.69, 9.17) is 16.3 Å². The Hall–Kier alpha value is -1.66. The average molecular weight is 367 g/mol. The van der Waals surface area contributed by atoms with Gasteiger partial charge in [0.05, 0.1) is 17.0 Å². The van der Waals surface area contributed by atoms with E-state index in [-0.39, 0.29) is 5.41 Å². The summed E-state index contributed by atoms with van der Waals surface area (Å²) in [6.45, 7) is 11.1. The lowest BCUT2D eigenvalue weighted by Crippen LogP contribution is -2.14. The minimum atomic E-state index is -0.109. The summed E-state index contributed by atoms with van der Waals surface area (Å²) < 4.78 is 10.2. The number of aryl methyl sites for hydroxylation is 1. The quantitative estimate of drug-likeness (QED) is 0.539. The van der Waals surface area contributed by atoms with E-state index in [1.807, 2.05) is 24.9 Å². The second-order valence-electron chi connectivity index (χ2n) is 6.62. The molecule has 2 aromatic rings. The fourth-order valence-corrected chi connectivity index (χ4v) is 2.68. The van der Waals surface area contributed by atoms with E-state index in [0.717, 1.165) is 23.6 Å². The number of hydrogen-bond donors (Lipinski definition) is 0. The van der Waals surface area contributed by atoms with Gasteiger partial charge in [0.2, 0.25) is 0 Å². The maximum Gasteiger partial charge on any atom is 0.298 e. The number of hydrogen-bond acceptors (Lipinski definition) is 5. The molecule has 130 valence electrons. The Balaban J connectivity index is 2.22. The third-order valence-corrected chi connectivity index (χ3v) is 4.31. The molecule has 0 radical (unpaired) electrons. The van der Waals surface area contributed by atoms with Gasteiger partial charge < -0.3 is 9.64 Å². The molecule has 0 saturated heterocycles. The third kappa shape index (κ3) is 4.68. The summed E-state index contributed by atoms with van der Waals surface area (Å²) in [4.78, 5) is 10.9. The molecule has 0 fully saturated rings. The first kappa shape index (κ1) is 18.7. The van der Waals surface area contributed by atoms with Gasteiger partial charge >= 0.3 is 0 Å². The van der Waals surface area contributed by atoms with Crippen molar-refractivity contribution in [2.24, 2.45) is 4.99 Å². The van der Waals surface area contributed by atoms with Crippen LogP contribution in [-0.4, -0.2) is 34.2 Å². The van der Waals surface area contributed by atoms with Gasteiger partial charge in [-0.2, -0.15) is 9.36 Å². The summed E-state index contributed by atoms with van der Waals surface area (Å²) in [7, 11) is 1.97. The maximum atomic E-state index is 6.34. The minimum absolute atomic E-state index is 0.109. The van der Waals surface area contributed by atoms with Gasteiger partial charge in [0, 0.05) is 30.5 Å². The van der Waals surface area contributed by atoms with E-state index in [2.05, 4.69) is 42.0 Å². The van der Waals surface area contributed by atoms with Crippen molar-refractivity contribution in [1.29, 1.82) is 0 Å². The standard InChI is InChI=1S/C17H23ClN4OS/c1-7-22(6)10-19-13-9-12(18)14(8-11(13)2)23-16-20-15(21-24-16)17(3,4)5/h8-10H,7H2,1-6H3. The van der Waals surface area contributed by atoms with Crippen LogP contribution in [0, 0.1) is 6.92 Å². The van der Waals surface area contributed by atoms with Crippen LogP contribution in [0.25, 0.3) is 0 Å². The van der Waals surface area contributed by atoms with E-state index >= 15 is 0 Å². The van der Waals surface area contributed by atoms with Crippen LogP contribution in [0.3, 0.4) is 0 Å². The van der Waals surface area contributed by atoms with E-state index in [1.54, 1.807) is 12.4 Å². The van der Waals surface area contributed by atoms with Crippen LogP contribution in [0.4, 0.5) is 5.69 Å². The summed E-state index contributed by atoms with van der Waals surface area (Å²) in [5.74, 6) is 1.33. The minimum Gasteiger partial charge on any atom is -0.428 e. The van der Waals surface area contributed by atoms with Gasteiger partial charge in [-0.25, -0.2) is 4.99 Å². The molecule has 0 saturated carbocycles. The van der Waals surface area contributed by atoms with Crippen LogP contribution in [-0.2, 0) is 5.41 Å². The van der Waals surface area contributed by atoms with Gasteiger partial charge in [-0.3, -0.25) is 0 Å². The smallest absolute Gasteiger partial charge is 0.298 e. The molecule has 0 unspecified atom stereocenters. The van der Waals surface area contributed by atoms with Crippen molar-refractivity contribution in [3.63, 3.8) is 0 Å². The van der Waals surface area contributed by atoms with Crippen molar-refractivity contribution < 1.29 is 4.74 Å². The van der Waals surface area contributed by atoms with Crippen molar-refractivity contribution in [2.45, 2.75) is 40.0 Å². The molecule has 24 heavy (non-hydrogen) atoms. The zero-order valence-corrected chi connectivity index (χ0v) is 16.5. The largest absolute Gasteiger partial charge is 0.428 e. The number of aliphatic imine (C=N–C) groups is 1. The molecule has 1 aromatic carbocycles. The second kappa shape index (κ2) is 7.49. The zero-order chi connectivity index (χ0) is 17.9. The van der Waals surface area contributed by atoms with Gasteiger partial charge in [0.15, 0.2) is 5.82 Å². The van der Waals surface area contributed by atoms with Crippen molar-refractivity contribution in [2.75, 3.05) is 13.6 Å². The van der Waals surface area contributed by atoms with Gasteiger partial charge in [-0.15, -0.1) is 0 Å². The molecule has 1 heterocycles. The zero-order valence-electron chi connectivity index (χ0n) is 14.9. The van der Waals surface area contributed by atoms with Crippen molar-refractivity contribution >= 4 is 35.2 Å². The normalized spacial score (nSPS) is 12.0. The molecule has 1 aromatic heterocycles. The van der Waals surface area contributed by atoms with E-state index in [0.29, 0.717) is 16.0 Å². The fourth-order valence-electron chi connectivity index (χ4n) is 1.75. The third-order valence-electron chi connectivity index (χ3n) is 3.42. The molecule has 5 nitrogen and oxygen atoms in total. The van der Waals surface area contributed by atoms with E-state index in [1.165, 1.54) is 11.5 Å². The highest BCUT2D eigenvalue weighted by Crippen LogP contribution is 2.36. The number of benzene rings is 1. The average Bonchev–Trinajstić information content (AvgIpc) is 2.97. The van der Waals surface area contributed by atoms with Crippen LogP contribution < -0.4 is 4.74 Å². The Kier molecular flexibility index (Phi) is 5.83. The molecule has 7 heteroatoms. The highest BCUT2D eigenvalue weighted by Gasteiger charge is 2.20. The Bertz CT molecular complexity index is 737. The van der Waals surface area contributed by atoms with Crippen LogP contribution >= 0.6 is 23.1 Å². The predicted octanol–water partition coefficient (Wildman–Crippen LogP) is 5.20. The van der Waals surface area contributed by atoms with Gasteiger partial charge in [-0.1, -0.05) is 32.4 Å². The fraction of sp³-hybridized carbons (Fsp3) is 0.471. The Morgan fingerprint density at radius 2 is 2.08 bits per heavy atom. The van der Waals surface area contributed by atoms with Crippen molar-refractivity contribution in [1.82, 2.24) is 14.3 Å². The highest BCUT2D eigenvalue weighted by atomic mass is 35.5. The lowest BCUT2D eigenvalue weighted by atomic mass is 9.96. The number of ether oxygens (including phenoxy) is 1. The number of nitrogens with zero attached hydrogens (tertiary/aromatic N) is 4. The number of halogens is 1. The molecule has 0 spiro atoms. The molecule has 0 amide bonds. The summed E-state index contributed by atoms with van der Waals surface area (Å²) in [5, 5.41) is 0.989. The van der Waals surface area contributed by atoms with Crippen molar-refractivity contribution in [3.8, 4) is 10.9 Å². The Morgan fingerprint density at radius 3 is 2.67 bits per heavy atom. The summed E-state index contributed by atoms with van der Waals surface area (Å²) in [5.41, 5.74) is 1.69. The molecule has 0 aliphatic heterocycles. The first-order valence-corrected chi connectivity index (χ1v) is 8.92. The van der Waals surface area contributed by atoms with Crippen LogP contribution in [0.15, 0.2) is 17.1 Å². The Labute approximate surface area is 152 Å². The molecule has 2 rings (SSSR count). The predicted molar refractivity (Wildman–Crippen MR) is 101 cm³/mol. The SMILES string of the molecule is CCN(C)C=Nc1cc(Cl)c(Oc2nc(C(C)(C)C)ns2)cc1C. The molecule has 0 N–H and O–H groups in total. The summed E-state index contributed by atoms with van der Waals surface area (Å²) in [6, 6.07) is 3.68. The molecular formula is C17H23ClN4OS. The summed E-state index contributed by atoms with van der Waals surface area (Å²) in [6.07, 6.45) is 1.79. The monoisotopic (exact) mass is 366 g/mol. The first-order valence-electron chi connectivity index (χ1n) is 7.77. The summed E-state index contributed by atoms with van der Waals surface area (Å²) >= 11 is 7.57. The highest BCUT2D eigenvalue weighted by molar-refractivity contribution is 7.07. The molecule has 0 atom stereocenters. The van der Waals surface area contributed by atoms with Crippen LogP contribution in [0.2, 0.25) is 5.02 Å². The van der Waals surface area contributed by atoms with Crippen molar-refractivity contribution in [3.05, 3.63) is 28.5 Å². The topological polar surface area (TPSA) is 50.6 Å². The first-order chi connectivity index (χ1) is 11.2. The Morgan fingerprint density at radius 1 is 1.38 bits per heavy atom. The number of aromatic nitrogens is 2. The second-order valence-corrected chi connectivity index (χ2v) is 7.74. The maximum absolute atomic E-state index is 6.34. The van der Waals surface area contributed by atoms with Crippen LogP contribution in [0.5, 0.6) is 10.9 Å². The molecule has 0 aliphatic rings. The molecule has 0 bridgehead atoms. The van der Waals surface area contributed by atoms with E-state index in [9.17, 15) is 0 Å². The van der Waals surface area contributed by atoms with Gasteiger partial charge in [0.1, 0.15) is 5.75 Å². The molecular weight excluding hydrogens is 344 g/mol. The van der Waals surface area contributed by atoms with Gasteiger partial charge in [-0.05, 0) is 31.5 Å².